The van der Waals surface area contributed by atoms with Gasteiger partial charge in [0.1, 0.15) is 23.2 Å². The normalized spacial score (nSPS) is 21.7. The van der Waals surface area contributed by atoms with Gasteiger partial charge < -0.3 is 28.8 Å². The minimum atomic E-state index is -0.802. The fourth-order valence-electron chi connectivity index (χ4n) is 7.44. The Bertz CT molecular complexity index is 1930. The van der Waals surface area contributed by atoms with Crippen molar-refractivity contribution in [2.75, 3.05) is 45.9 Å². The van der Waals surface area contributed by atoms with Crippen LogP contribution < -0.4 is 19.1 Å². The number of ether oxygens (including phenoxy) is 5. The molecule has 1 aliphatic carbocycles. The number of halogens is 2. The van der Waals surface area contributed by atoms with E-state index in [9.17, 15) is 14.7 Å². The standard InChI is InChI=1S/C38H37Cl2N3O8/c1-47-25-9-10-32(44)31(15-25)43(37(46)51-38-21-42-13-12-27(38)28(38)20-42)19-22-4-6-23(7-5-22)36(45)50-34(16-26-29(39)17-41-18-30(26)40)24-8-11-33(48-2)35(14-24)49-3/h4-11,14-15,17-18,27-28,34,44H,12-13,16,19-21H2,1-3H3/t27?,28?,34-,38+/m0/s1. The van der Waals surface area contributed by atoms with Gasteiger partial charge in [-0.1, -0.05) is 41.4 Å². The number of hydrogen-bond acceptors (Lipinski definition) is 10. The molecule has 1 N–H and O–H groups in total. The van der Waals surface area contributed by atoms with E-state index in [1.165, 1.54) is 44.7 Å². The van der Waals surface area contributed by atoms with Crippen LogP contribution >= 0.6 is 23.2 Å². The molecule has 1 aromatic heterocycles. The van der Waals surface area contributed by atoms with E-state index >= 15 is 0 Å². The molecule has 4 aliphatic rings. The average Bonchev–Trinajstić information content (AvgIpc) is 3.63. The highest BCUT2D eigenvalue weighted by Gasteiger charge is 2.74. The number of hydrogen-bond donors (Lipinski definition) is 1. The fraction of sp³-hybridized carbons (Fsp3) is 0.342. The van der Waals surface area contributed by atoms with Crippen molar-refractivity contribution in [3.8, 4) is 23.0 Å². The number of benzene rings is 3. The molecule has 4 heterocycles. The number of phenols is 1. The van der Waals surface area contributed by atoms with E-state index in [2.05, 4.69) is 9.88 Å². The maximum Gasteiger partial charge on any atom is 0.415 e. The number of aromatic nitrogens is 1. The summed E-state index contributed by atoms with van der Waals surface area (Å²) >= 11 is 12.9. The number of aromatic hydroxyl groups is 1. The summed E-state index contributed by atoms with van der Waals surface area (Å²) in [5.74, 6) is 1.49. The second kappa shape index (κ2) is 14.1. The molecule has 8 rings (SSSR count). The Morgan fingerprint density at radius 1 is 0.961 bits per heavy atom. The van der Waals surface area contributed by atoms with E-state index < -0.39 is 23.8 Å². The Morgan fingerprint density at radius 2 is 1.71 bits per heavy atom. The van der Waals surface area contributed by atoms with E-state index in [0.29, 0.717) is 55.8 Å². The molecule has 5 atom stereocenters. The number of carbonyl (C=O) groups excluding carboxylic acids is 2. The minimum Gasteiger partial charge on any atom is -0.506 e. The van der Waals surface area contributed by atoms with Gasteiger partial charge in [0.05, 0.1) is 49.2 Å². The third-order valence-electron chi connectivity index (χ3n) is 10.2. The summed E-state index contributed by atoms with van der Waals surface area (Å²) in [7, 11) is 4.58. The van der Waals surface area contributed by atoms with E-state index in [1.54, 1.807) is 54.6 Å². The van der Waals surface area contributed by atoms with E-state index in [0.717, 1.165) is 26.1 Å². The van der Waals surface area contributed by atoms with Crippen LogP contribution in [0.5, 0.6) is 23.0 Å². The lowest BCUT2D eigenvalue weighted by atomic mass is 10.0. The number of nitrogens with zero attached hydrogens (tertiary/aromatic N) is 3. The summed E-state index contributed by atoms with van der Waals surface area (Å²) in [5, 5.41) is 11.5. The number of anilines is 1. The predicted octanol–water partition coefficient (Wildman–Crippen LogP) is 7.11. The van der Waals surface area contributed by atoms with Crippen LogP contribution in [0, 0.1) is 11.8 Å². The van der Waals surface area contributed by atoms with Crippen LogP contribution in [0.15, 0.2) is 73.1 Å². The number of phenolic OH excluding ortho intramolecular Hbond substituents is 1. The van der Waals surface area contributed by atoms with E-state index in [1.807, 2.05) is 0 Å². The third-order valence-corrected chi connectivity index (χ3v) is 10.8. The maximum atomic E-state index is 13.9. The van der Waals surface area contributed by atoms with Crippen LogP contribution in [0.2, 0.25) is 10.0 Å². The van der Waals surface area contributed by atoms with Crippen LogP contribution in [0.1, 0.15) is 39.6 Å². The van der Waals surface area contributed by atoms with Crippen LogP contribution in [0.4, 0.5) is 10.5 Å². The Kier molecular flexibility index (Phi) is 9.62. The van der Waals surface area contributed by atoms with E-state index in [-0.39, 0.29) is 30.0 Å². The lowest BCUT2D eigenvalue weighted by Gasteiger charge is -2.31. The maximum absolute atomic E-state index is 13.9. The van der Waals surface area contributed by atoms with Gasteiger partial charge in [0.15, 0.2) is 11.5 Å². The molecule has 3 aliphatic heterocycles. The molecular weight excluding hydrogens is 697 g/mol. The number of methoxy groups -OCH3 is 3. The molecule has 1 saturated carbocycles. The second-order valence-corrected chi connectivity index (χ2v) is 13.8. The van der Waals surface area contributed by atoms with Gasteiger partial charge in [-0.3, -0.25) is 14.8 Å². The van der Waals surface area contributed by atoms with Crippen molar-refractivity contribution in [3.63, 3.8) is 0 Å². The number of pyridine rings is 1. The third kappa shape index (κ3) is 6.73. The molecular formula is C38H37Cl2N3O8. The number of esters is 1. The number of piperidine rings is 3. The van der Waals surface area contributed by atoms with Crippen molar-refractivity contribution in [2.45, 2.75) is 31.1 Å². The molecule has 4 fully saturated rings. The Morgan fingerprint density at radius 3 is 2.33 bits per heavy atom. The Balaban J connectivity index is 1.12. The molecule has 0 spiro atoms. The molecule has 4 bridgehead atoms. The van der Waals surface area contributed by atoms with E-state index in [4.69, 9.17) is 46.9 Å². The first-order chi connectivity index (χ1) is 24.6. The van der Waals surface area contributed by atoms with Gasteiger partial charge in [-0.05, 0) is 66.1 Å². The van der Waals surface area contributed by atoms with Gasteiger partial charge in [0.2, 0.25) is 0 Å². The number of carbonyl (C=O) groups is 2. The largest absolute Gasteiger partial charge is 0.506 e. The summed E-state index contributed by atoms with van der Waals surface area (Å²) < 4.78 is 28.6. The smallest absolute Gasteiger partial charge is 0.415 e. The second-order valence-electron chi connectivity index (χ2n) is 13.0. The van der Waals surface area contributed by atoms with Gasteiger partial charge in [-0.25, -0.2) is 9.59 Å². The van der Waals surface area contributed by atoms with Crippen molar-refractivity contribution in [1.29, 1.82) is 0 Å². The molecule has 11 nitrogen and oxygen atoms in total. The van der Waals surface area contributed by atoms with Crippen LogP contribution in [0.3, 0.4) is 0 Å². The summed E-state index contributed by atoms with van der Waals surface area (Å²) in [5.41, 5.74) is 1.96. The van der Waals surface area contributed by atoms with Gasteiger partial charge in [-0.15, -0.1) is 0 Å². The monoisotopic (exact) mass is 733 g/mol. The minimum absolute atomic E-state index is 0.0668. The summed E-state index contributed by atoms with van der Waals surface area (Å²) in [6.07, 6.45) is 2.79. The topological polar surface area (TPSA) is 120 Å². The summed E-state index contributed by atoms with van der Waals surface area (Å²) in [6, 6.07) is 16.7. The molecule has 3 saturated heterocycles. The number of amides is 1. The molecule has 3 unspecified atom stereocenters. The highest BCUT2D eigenvalue weighted by Crippen LogP contribution is 2.63. The predicted molar refractivity (Wildman–Crippen MR) is 190 cm³/mol. The first-order valence-corrected chi connectivity index (χ1v) is 17.3. The van der Waals surface area contributed by atoms with Crippen molar-refractivity contribution >= 4 is 41.0 Å². The summed E-state index contributed by atoms with van der Waals surface area (Å²) in [4.78, 5) is 35.3. The summed E-state index contributed by atoms with van der Waals surface area (Å²) in [6.45, 7) is 2.76. The van der Waals surface area contributed by atoms with Crippen molar-refractivity contribution in [3.05, 3.63) is 105 Å². The highest BCUT2D eigenvalue weighted by atomic mass is 35.5. The molecule has 51 heavy (non-hydrogen) atoms. The van der Waals surface area contributed by atoms with Gasteiger partial charge in [-0.2, -0.15) is 0 Å². The molecule has 4 aromatic rings. The fourth-order valence-corrected chi connectivity index (χ4v) is 7.96. The number of fused-ring (bicyclic) bond motifs is 1. The first-order valence-electron chi connectivity index (χ1n) is 16.5. The zero-order valence-corrected chi connectivity index (χ0v) is 29.8. The average molecular weight is 735 g/mol. The first kappa shape index (κ1) is 34.7. The van der Waals surface area contributed by atoms with Gasteiger partial charge >= 0.3 is 12.1 Å². The van der Waals surface area contributed by atoms with Crippen molar-refractivity contribution in [1.82, 2.24) is 9.88 Å². The molecule has 3 aromatic carbocycles. The quantitative estimate of drug-likeness (QED) is 0.151. The lowest BCUT2D eigenvalue weighted by Crippen LogP contribution is -2.42. The Hall–Kier alpha value is -4.71. The highest BCUT2D eigenvalue weighted by molar-refractivity contribution is 6.35. The van der Waals surface area contributed by atoms with Crippen molar-refractivity contribution < 1.29 is 38.4 Å². The lowest BCUT2D eigenvalue weighted by molar-refractivity contribution is 0.0296. The van der Waals surface area contributed by atoms with Crippen molar-refractivity contribution in [2.24, 2.45) is 11.8 Å². The number of rotatable bonds is 12. The SMILES string of the molecule is COc1ccc(O)c(N(Cc2ccc(C(=O)O[C@@H](Cc3c(Cl)cncc3Cl)c3ccc(OC)c(OC)c3)cc2)C(=O)O[C@]23CN4CCC2C3C4)c1. The molecule has 13 heteroatoms. The molecule has 266 valence electrons. The molecule has 1 amide bonds. The van der Waals surface area contributed by atoms with Crippen LogP contribution in [-0.4, -0.2) is 73.6 Å². The zero-order chi connectivity index (χ0) is 35.9. The zero-order valence-electron chi connectivity index (χ0n) is 28.3. The Labute approximate surface area is 305 Å². The van der Waals surface area contributed by atoms with Gasteiger partial charge in [0.25, 0.3) is 0 Å². The molecule has 0 radical (unpaired) electrons. The van der Waals surface area contributed by atoms with Gasteiger partial charge in [0, 0.05) is 49.8 Å². The van der Waals surface area contributed by atoms with Crippen LogP contribution in [0.25, 0.3) is 0 Å². The van der Waals surface area contributed by atoms with Crippen LogP contribution in [-0.2, 0) is 22.4 Å².